The summed E-state index contributed by atoms with van der Waals surface area (Å²) in [5.74, 6) is -0.459. The number of aromatic nitrogens is 5. The molecule has 4 rings (SSSR count). The first-order valence-corrected chi connectivity index (χ1v) is 6.98. The lowest BCUT2D eigenvalue weighted by Crippen LogP contribution is -2.10. The van der Waals surface area contributed by atoms with Gasteiger partial charge in [0.2, 0.25) is 5.91 Å². The predicted molar refractivity (Wildman–Crippen MR) is 85.0 cm³/mol. The van der Waals surface area contributed by atoms with Gasteiger partial charge in [-0.2, -0.15) is 5.10 Å². The number of rotatable bonds is 3. The van der Waals surface area contributed by atoms with E-state index in [9.17, 15) is 4.79 Å². The Balaban J connectivity index is 1.73. The second kappa shape index (κ2) is 5.06. The molecule has 1 amide bonds. The molecule has 2 aromatic heterocycles. The van der Waals surface area contributed by atoms with Crippen LogP contribution in [0.5, 0.6) is 0 Å². The SMILES string of the molecule is NC(=O)c1ccc(-n2cc(-c3n[nH]c4ccccc34)nn2)cc1. The molecule has 0 unspecified atom stereocenters. The smallest absolute Gasteiger partial charge is 0.248 e. The van der Waals surface area contributed by atoms with Crippen molar-refractivity contribution in [2.45, 2.75) is 0 Å². The molecule has 0 spiro atoms. The molecule has 2 aromatic carbocycles. The molecule has 2 heterocycles. The lowest BCUT2D eigenvalue weighted by molar-refractivity contribution is 0.100. The molecule has 0 aliphatic rings. The Morgan fingerprint density at radius 1 is 1.09 bits per heavy atom. The number of benzene rings is 2. The highest BCUT2D eigenvalue weighted by atomic mass is 16.1. The number of fused-ring (bicyclic) bond motifs is 1. The topological polar surface area (TPSA) is 102 Å². The van der Waals surface area contributed by atoms with Crippen LogP contribution in [0.15, 0.2) is 54.7 Å². The first kappa shape index (κ1) is 13.2. The molecule has 0 aliphatic heterocycles. The van der Waals surface area contributed by atoms with Crippen LogP contribution in [0.2, 0.25) is 0 Å². The van der Waals surface area contributed by atoms with Crippen molar-refractivity contribution in [3.8, 4) is 17.1 Å². The van der Waals surface area contributed by atoms with Crippen LogP contribution >= 0.6 is 0 Å². The Labute approximate surface area is 130 Å². The second-order valence-corrected chi connectivity index (χ2v) is 5.08. The van der Waals surface area contributed by atoms with Crippen molar-refractivity contribution in [2.75, 3.05) is 0 Å². The number of nitrogens with zero attached hydrogens (tertiary/aromatic N) is 4. The van der Waals surface area contributed by atoms with Crippen LogP contribution in [-0.4, -0.2) is 31.1 Å². The van der Waals surface area contributed by atoms with E-state index >= 15 is 0 Å². The van der Waals surface area contributed by atoms with E-state index < -0.39 is 5.91 Å². The van der Waals surface area contributed by atoms with Gasteiger partial charge in [-0.1, -0.05) is 23.4 Å². The molecule has 112 valence electrons. The minimum atomic E-state index is -0.459. The number of aromatic amines is 1. The summed E-state index contributed by atoms with van der Waals surface area (Å²) in [5.41, 5.74) is 8.84. The number of carbonyl (C=O) groups is 1. The number of nitrogens with one attached hydrogen (secondary N) is 1. The third kappa shape index (κ3) is 2.24. The molecule has 0 radical (unpaired) electrons. The summed E-state index contributed by atoms with van der Waals surface area (Å²) >= 11 is 0. The average Bonchev–Trinajstić information content (AvgIpc) is 3.21. The molecule has 0 aliphatic carbocycles. The van der Waals surface area contributed by atoms with Crippen molar-refractivity contribution >= 4 is 16.8 Å². The first-order valence-electron chi connectivity index (χ1n) is 6.98. The van der Waals surface area contributed by atoms with E-state index in [1.165, 1.54) is 0 Å². The molecule has 0 saturated heterocycles. The van der Waals surface area contributed by atoms with Gasteiger partial charge in [-0.15, -0.1) is 5.10 Å². The largest absolute Gasteiger partial charge is 0.366 e. The molecule has 0 bridgehead atoms. The summed E-state index contributed by atoms with van der Waals surface area (Å²) in [6.45, 7) is 0. The van der Waals surface area contributed by atoms with Crippen LogP contribution in [0.1, 0.15) is 10.4 Å². The van der Waals surface area contributed by atoms with Gasteiger partial charge >= 0.3 is 0 Å². The van der Waals surface area contributed by atoms with Gasteiger partial charge in [0.05, 0.1) is 17.4 Å². The summed E-state index contributed by atoms with van der Waals surface area (Å²) in [6.07, 6.45) is 1.79. The number of primary amides is 1. The van der Waals surface area contributed by atoms with Crippen LogP contribution in [0.25, 0.3) is 28.0 Å². The minimum absolute atomic E-state index is 0.451. The maximum atomic E-state index is 11.1. The molecule has 0 atom stereocenters. The molecule has 7 nitrogen and oxygen atoms in total. The van der Waals surface area contributed by atoms with Gasteiger partial charge in [0, 0.05) is 10.9 Å². The van der Waals surface area contributed by atoms with E-state index in [0.717, 1.165) is 22.3 Å². The summed E-state index contributed by atoms with van der Waals surface area (Å²) in [4.78, 5) is 11.1. The van der Waals surface area contributed by atoms with Crippen molar-refractivity contribution in [1.29, 1.82) is 0 Å². The summed E-state index contributed by atoms with van der Waals surface area (Å²) in [6, 6.07) is 14.7. The van der Waals surface area contributed by atoms with E-state index in [1.807, 2.05) is 24.3 Å². The van der Waals surface area contributed by atoms with Crippen LogP contribution < -0.4 is 5.73 Å². The molecular formula is C16H12N6O. The number of nitrogens with two attached hydrogens (primary N) is 1. The lowest BCUT2D eigenvalue weighted by Gasteiger charge is -2.00. The fourth-order valence-corrected chi connectivity index (χ4v) is 2.44. The van der Waals surface area contributed by atoms with Gasteiger partial charge in [-0.05, 0) is 30.3 Å². The van der Waals surface area contributed by atoms with E-state index in [1.54, 1.807) is 35.1 Å². The number of amides is 1. The highest BCUT2D eigenvalue weighted by Crippen LogP contribution is 2.24. The monoisotopic (exact) mass is 304 g/mol. The summed E-state index contributed by atoms with van der Waals surface area (Å²) in [5, 5.41) is 16.6. The molecule has 0 saturated carbocycles. The fraction of sp³-hybridized carbons (Fsp3) is 0. The van der Waals surface area contributed by atoms with E-state index in [-0.39, 0.29) is 0 Å². The van der Waals surface area contributed by atoms with Crippen molar-refractivity contribution in [2.24, 2.45) is 5.73 Å². The highest BCUT2D eigenvalue weighted by Gasteiger charge is 2.12. The Hall–Kier alpha value is -3.48. The minimum Gasteiger partial charge on any atom is -0.366 e. The van der Waals surface area contributed by atoms with Crippen molar-refractivity contribution in [3.63, 3.8) is 0 Å². The van der Waals surface area contributed by atoms with Crippen LogP contribution in [-0.2, 0) is 0 Å². The lowest BCUT2D eigenvalue weighted by atomic mass is 10.2. The van der Waals surface area contributed by atoms with Gasteiger partial charge in [-0.3, -0.25) is 9.89 Å². The molecular weight excluding hydrogens is 292 g/mol. The Bertz CT molecular complexity index is 999. The number of carbonyl (C=O) groups excluding carboxylic acids is 1. The van der Waals surface area contributed by atoms with Crippen LogP contribution in [0.3, 0.4) is 0 Å². The molecule has 4 aromatic rings. The van der Waals surface area contributed by atoms with Crippen molar-refractivity contribution < 1.29 is 4.79 Å². The molecule has 7 heteroatoms. The zero-order valence-electron chi connectivity index (χ0n) is 12.0. The van der Waals surface area contributed by atoms with Gasteiger partial charge in [-0.25, -0.2) is 4.68 Å². The van der Waals surface area contributed by atoms with E-state index in [0.29, 0.717) is 11.3 Å². The van der Waals surface area contributed by atoms with Crippen LogP contribution in [0, 0.1) is 0 Å². The highest BCUT2D eigenvalue weighted by molar-refractivity contribution is 5.93. The third-order valence-electron chi connectivity index (χ3n) is 3.62. The normalized spacial score (nSPS) is 11.0. The van der Waals surface area contributed by atoms with Gasteiger partial charge in [0.15, 0.2) is 0 Å². The van der Waals surface area contributed by atoms with Gasteiger partial charge in [0.25, 0.3) is 0 Å². The quantitative estimate of drug-likeness (QED) is 0.603. The number of para-hydroxylation sites is 1. The Kier molecular flexibility index (Phi) is 2.90. The zero-order valence-corrected chi connectivity index (χ0v) is 12.0. The number of H-pyrrole nitrogens is 1. The Morgan fingerprint density at radius 3 is 2.65 bits per heavy atom. The molecule has 3 N–H and O–H groups in total. The van der Waals surface area contributed by atoms with Gasteiger partial charge in [0.1, 0.15) is 11.4 Å². The predicted octanol–water partition coefficient (Wildman–Crippen LogP) is 1.91. The molecule has 0 fully saturated rings. The molecule has 23 heavy (non-hydrogen) atoms. The standard InChI is InChI=1S/C16H12N6O/c17-16(23)10-5-7-11(8-6-10)22-9-14(19-21-22)15-12-3-1-2-4-13(12)18-20-15/h1-9H,(H2,17,23)(H,18,20). The maximum absolute atomic E-state index is 11.1. The van der Waals surface area contributed by atoms with Crippen molar-refractivity contribution in [3.05, 3.63) is 60.3 Å². The maximum Gasteiger partial charge on any atom is 0.248 e. The van der Waals surface area contributed by atoms with Crippen LogP contribution in [0.4, 0.5) is 0 Å². The Morgan fingerprint density at radius 2 is 1.87 bits per heavy atom. The van der Waals surface area contributed by atoms with E-state index in [2.05, 4.69) is 20.5 Å². The zero-order chi connectivity index (χ0) is 15.8. The average molecular weight is 304 g/mol. The third-order valence-corrected chi connectivity index (χ3v) is 3.62. The number of hydrogen-bond acceptors (Lipinski definition) is 4. The second-order valence-electron chi connectivity index (χ2n) is 5.08. The van der Waals surface area contributed by atoms with Crippen molar-refractivity contribution in [1.82, 2.24) is 25.2 Å². The van der Waals surface area contributed by atoms with Gasteiger partial charge < -0.3 is 5.73 Å². The summed E-state index contributed by atoms with van der Waals surface area (Å²) in [7, 11) is 0. The number of hydrogen-bond donors (Lipinski definition) is 2. The first-order chi connectivity index (χ1) is 11.2. The summed E-state index contributed by atoms with van der Waals surface area (Å²) < 4.78 is 1.63. The van der Waals surface area contributed by atoms with E-state index in [4.69, 9.17) is 5.73 Å². The fourth-order valence-electron chi connectivity index (χ4n) is 2.44.